The summed E-state index contributed by atoms with van der Waals surface area (Å²) in [4.78, 5) is 15.6. The summed E-state index contributed by atoms with van der Waals surface area (Å²) in [6.07, 6.45) is 3.31. The van der Waals surface area contributed by atoms with Gasteiger partial charge >= 0.3 is 0 Å². The van der Waals surface area contributed by atoms with Gasteiger partial charge in [0.05, 0.1) is 16.7 Å². The molecule has 0 bridgehead atoms. The van der Waals surface area contributed by atoms with E-state index in [-0.39, 0.29) is 22.0 Å². The number of nitrogens with one attached hydrogen (secondary N) is 1. The van der Waals surface area contributed by atoms with Crippen molar-refractivity contribution in [1.29, 1.82) is 5.26 Å². The zero-order valence-electron chi connectivity index (χ0n) is 8.78. The number of aromatic nitrogens is 1. The van der Waals surface area contributed by atoms with E-state index in [2.05, 4.69) is 16.4 Å². The Balaban J connectivity index is 2.08. The SMILES string of the molecule is N#CC(NC(=O)c1cnc(Cl)c(Cl)c1)C1CC1. The van der Waals surface area contributed by atoms with Crippen LogP contribution in [0.2, 0.25) is 10.2 Å². The summed E-state index contributed by atoms with van der Waals surface area (Å²) in [5.41, 5.74) is 0.306. The van der Waals surface area contributed by atoms with Gasteiger partial charge in [-0.15, -0.1) is 0 Å². The van der Waals surface area contributed by atoms with Gasteiger partial charge in [0.1, 0.15) is 11.2 Å². The first-order chi connectivity index (χ1) is 8.11. The Bertz CT molecular complexity index is 494. The van der Waals surface area contributed by atoms with E-state index in [1.807, 2.05) is 0 Å². The van der Waals surface area contributed by atoms with Crippen molar-refractivity contribution >= 4 is 29.1 Å². The number of nitriles is 1. The van der Waals surface area contributed by atoms with Gasteiger partial charge in [-0.2, -0.15) is 5.26 Å². The van der Waals surface area contributed by atoms with Crippen LogP contribution in [0.5, 0.6) is 0 Å². The van der Waals surface area contributed by atoms with E-state index in [0.717, 1.165) is 12.8 Å². The van der Waals surface area contributed by atoms with Crippen LogP contribution in [0.25, 0.3) is 0 Å². The van der Waals surface area contributed by atoms with Crippen LogP contribution >= 0.6 is 23.2 Å². The Hall–Kier alpha value is -1.31. The number of carbonyl (C=O) groups is 1. The second-order valence-corrected chi connectivity index (χ2v) is 4.68. The molecule has 1 fully saturated rings. The minimum atomic E-state index is -0.433. The predicted octanol–water partition coefficient (Wildman–Crippen LogP) is 2.42. The summed E-state index contributed by atoms with van der Waals surface area (Å²) < 4.78 is 0. The summed E-state index contributed by atoms with van der Waals surface area (Å²) in [6, 6.07) is 3.08. The van der Waals surface area contributed by atoms with E-state index in [1.54, 1.807) is 0 Å². The molecule has 1 amide bonds. The van der Waals surface area contributed by atoms with Crippen molar-refractivity contribution < 1.29 is 4.79 Å². The molecule has 1 aromatic heterocycles. The van der Waals surface area contributed by atoms with Crippen molar-refractivity contribution in [2.75, 3.05) is 0 Å². The predicted molar refractivity (Wildman–Crippen MR) is 63.8 cm³/mol. The van der Waals surface area contributed by atoms with Crippen molar-refractivity contribution in [3.8, 4) is 6.07 Å². The number of nitrogens with zero attached hydrogens (tertiary/aromatic N) is 2. The highest BCUT2D eigenvalue weighted by molar-refractivity contribution is 6.41. The summed E-state index contributed by atoms with van der Waals surface area (Å²) in [5, 5.41) is 11.9. The third-order valence-electron chi connectivity index (χ3n) is 2.58. The smallest absolute Gasteiger partial charge is 0.253 e. The molecule has 1 unspecified atom stereocenters. The first kappa shape index (κ1) is 12.2. The van der Waals surface area contributed by atoms with Crippen LogP contribution in [0.1, 0.15) is 23.2 Å². The quantitative estimate of drug-likeness (QED) is 0.858. The molecule has 17 heavy (non-hydrogen) atoms. The van der Waals surface area contributed by atoms with Gasteiger partial charge < -0.3 is 5.32 Å². The Morgan fingerprint density at radius 3 is 2.82 bits per heavy atom. The van der Waals surface area contributed by atoms with Crippen molar-refractivity contribution in [1.82, 2.24) is 10.3 Å². The van der Waals surface area contributed by atoms with Crippen LogP contribution in [0.15, 0.2) is 12.3 Å². The van der Waals surface area contributed by atoms with Gasteiger partial charge in [-0.05, 0) is 24.8 Å². The van der Waals surface area contributed by atoms with Gasteiger partial charge in [0.25, 0.3) is 5.91 Å². The lowest BCUT2D eigenvalue weighted by Gasteiger charge is -2.10. The second-order valence-electron chi connectivity index (χ2n) is 3.91. The molecular formula is C11H9Cl2N3O. The van der Waals surface area contributed by atoms with E-state index >= 15 is 0 Å². The molecular weight excluding hydrogens is 261 g/mol. The average Bonchev–Trinajstić information content (AvgIpc) is 3.13. The second kappa shape index (κ2) is 4.91. The highest BCUT2D eigenvalue weighted by atomic mass is 35.5. The summed E-state index contributed by atoms with van der Waals surface area (Å²) in [5.74, 6) is -0.0748. The highest BCUT2D eigenvalue weighted by Crippen LogP contribution is 2.32. The molecule has 1 heterocycles. The number of rotatable bonds is 3. The van der Waals surface area contributed by atoms with Crippen molar-refractivity contribution in [2.24, 2.45) is 5.92 Å². The number of hydrogen-bond donors (Lipinski definition) is 1. The van der Waals surface area contributed by atoms with Crippen LogP contribution in [-0.2, 0) is 0 Å². The van der Waals surface area contributed by atoms with E-state index < -0.39 is 6.04 Å². The lowest BCUT2D eigenvalue weighted by Crippen LogP contribution is -2.35. The van der Waals surface area contributed by atoms with Crippen LogP contribution in [0.4, 0.5) is 0 Å². The molecule has 1 aliphatic carbocycles. The number of hydrogen-bond acceptors (Lipinski definition) is 3. The van der Waals surface area contributed by atoms with Gasteiger partial charge in [0, 0.05) is 6.20 Å². The van der Waals surface area contributed by atoms with E-state index in [4.69, 9.17) is 28.5 Å². The number of carbonyl (C=O) groups excluding carboxylic acids is 1. The molecule has 0 aromatic carbocycles. The molecule has 1 N–H and O–H groups in total. The molecule has 0 radical (unpaired) electrons. The minimum absolute atomic E-state index is 0.155. The van der Waals surface area contributed by atoms with Crippen molar-refractivity contribution in [2.45, 2.75) is 18.9 Å². The van der Waals surface area contributed by atoms with Crippen LogP contribution < -0.4 is 5.32 Å². The third-order valence-corrected chi connectivity index (χ3v) is 3.26. The average molecular weight is 270 g/mol. The summed E-state index contributed by atoms with van der Waals surface area (Å²) >= 11 is 11.4. The lowest BCUT2D eigenvalue weighted by molar-refractivity contribution is 0.0941. The van der Waals surface area contributed by atoms with Gasteiger partial charge in [-0.1, -0.05) is 23.2 Å². The van der Waals surface area contributed by atoms with Crippen molar-refractivity contribution in [3.05, 3.63) is 28.0 Å². The fraction of sp³-hybridized carbons (Fsp3) is 0.364. The maximum atomic E-state index is 11.8. The maximum absolute atomic E-state index is 11.8. The fourth-order valence-electron chi connectivity index (χ4n) is 1.46. The Morgan fingerprint density at radius 2 is 2.29 bits per heavy atom. The standard InChI is InChI=1S/C11H9Cl2N3O/c12-8-3-7(5-15-10(8)13)11(17)16-9(4-14)6-1-2-6/h3,5-6,9H,1-2H2,(H,16,17). The monoisotopic (exact) mass is 269 g/mol. The first-order valence-electron chi connectivity index (χ1n) is 5.13. The van der Waals surface area contributed by atoms with Crippen LogP contribution in [-0.4, -0.2) is 16.9 Å². The normalized spacial score (nSPS) is 16.1. The molecule has 0 spiro atoms. The molecule has 4 nitrogen and oxygen atoms in total. The molecule has 1 atom stereocenters. The molecule has 1 saturated carbocycles. The van der Waals surface area contributed by atoms with E-state index in [9.17, 15) is 4.79 Å². The van der Waals surface area contributed by atoms with E-state index in [1.165, 1.54) is 12.3 Å². The van der Waals surface area contributed by atoms with Crippen LogP contribution in [0.3, 0.4) is 0 Å². The molecule has 88 valence electrons. The van der Waals surface area contributed by atoms with Gasteiger partial charge in [0.15, 0.2) is 0 Å². The molecule has 0 saturated heterocycles. The molecule has 6 heteroatoms. The Kier molecular flexibility index (Phi) is 3.51. The summed E-state index contributed by atoms with van der Waals surface area (Å²) in [7, 11) is 0. The highest BCUT2D eigenvalue weighted by Gasteiger charge is 2.32. The zero-order chi connectivity index (χ0) is 12.4. The largest absolute Gasteiger partial charge is 0.336 e. The molecule has 2 rings (SSSR count). The van der Waals surface area contributed by atoms with Crippen LogP contribution in [0, 0.1) is 17.2 Å². The molecule has 0 aliphatic heterocycles. The zero-order valence-corrected chi connectivity index (χ0v) is 10.3. The van der Waals surface area contributed by atoms with E-state index in [0.29, 0.717) is 5.56 Å². The molecule has 1 aromatic rings. The number of halogens is 2. The third kappa shape index (κ3) is 2.87. The van der Waals surface area contributed by atoms with Gasteiger partial charge in [0.2, 0.25) is 0 Å². The topological polar surface area (TPSA) is 65.8 Å². The Morgan fingerprint density at radius 1 is 1.59 bits per heavy atom. The minimum Gasteiger partial charge on any atom is -0.336 e. The first-order valence-corrected chi connectivity index (χ1v) is 5.89. The number of pyridine rings is 1. The fourth-order valence-corrected chi connectivity index (χ4v) is 1.72. The number of amides is 1. The lowest BCUT2D eigenvalue weighted by atomic mass is 10.2. The Labute approximate surface area is 109 Å². The van der Waals surface area contributed by atoms with Gasteiger partial charge in [-0.25, -0.2) is 4.98 Å². The maximum Gasteiger partial charge on any atom is 0.253 e. The van der Waals surface area contributed by atoms with Gasteiger partial charge in [-0.3, -0.25) is 4.79 Å². The van der Waals surface area contributed by atoms with Crippen molar-refractivity contribution in [3.63, 3.8) is 0 Å². The summed E-state index contributed by atoms with van der Waals surface area (Å²) in [6.45, 7) is 0. The molecule has 1 aliphatic rings.